The number of carbonyl (C=O) groups excluding carboxylic acids is 3. The van der Waals surface area contributed by atoms with Crippen molar-refractivity contribution in [3.63, 3.8) is 0 Å². The number of esters is 1. The molecule has 0 saturated carbocycles. The first-order chi connectivity index (χ1) is 18.3. The fraction of sp³-hybridized carbons (Fsp3) is 0.143. The zero-order chi connectivity index (χ0) is 27.0. The number of thiazole rings is 1. The minimum absolute atomic E-state index is 0.0150. The Morgan fingerprint density at radius 2 is 1.95 bits per heavy atom. The molecule has 4 aromatic rings. The van der Waals surface area contributed by atoms with Gasteiger partial charge in [0.15, 0.2) is 16.7 Å². The number of ether oxygens (including phenoxy) is 2. The maximum Gasteiger partial charge on any atom is 0.350 e. The van der Waals surface area contributed by atoms with Crippen LogP contribution in [0.5, 0.6) is 5.75 Å². The van der Waals surface area contributed by atoms with Crippen LogP contribution >= 0.6 is 11.3 Å². The monoisotopic (exact) mass is 530 g/mol. The molecule has 0 aliphatic carbocycles. The van der Waals surface area contributed by atoms with Crippen LogP contribution in [0, 0.1) is 6.92 Å². The van der Waals surface area contributed by atoms with Crippen molar-refractivity contribution in [2.75, 3.05) is 18.6 Å². The summed E-state index contributed by atoms with van der Waals surface area (Å²) >= 11 is 0.928. The predicted molar refractivity (Wildman–Crippen MR) is 141 cm³/mol. The van der Waals surface area contributed by atoms with E-state index in [1.165, 1.54) is 18.1 Å². The fourth-order valence-corrected chi connectivity index (χ4v) is 5.22. The van der Waals surface area contributed by atoms with Gasteiger partial charge < -0.3 is 19.0 Å². The summed E-state index contributed by atoms with van der Waals surface area (Å²) in [6, 6.07) is 14.4. The van der Waals surface area contributed by atoms with E-state index in [1.807, 2.05) is 6.07 Å². The molecule has 10 heteroatoms. The van der Waals surface area contributed by atoms with Crippen molar-refractivity contribution in [1.82, 2.24) is 4.98 Å². The summed E-state index contributed by atoms with van der Waals surface area (Å²) in [4.78, 5) is 45.5. The highest BCUT2D eigenvalue weighted by Gasteiger charge is 2.47. The molecule has 0 fully saturated rings. The molecule has 0 spiro atoms. The molecule has 2 aromatic carbocycles. The smallest absolute Gasteiger partial charge is 0.350 e. The maximum atomic E-state index is 13.7. The number of furan rings is 1. The van der Waals surface area contributed by atoms with Gasteiger partial charge in [0.05, 0.1) is 24.4 Å². The second-order valence-corrected chi connectivity index (χ2v) is 9.37. The van der Waals surface area contributed by atoms with E-state index in [2.05, 4.69) is 11.6 Å². The Hall–Kier alpha value is -4.70. The van der Waals surface area contributed by atoms with E-state index in [0.717, 1.165) is 11.3 Å². The maximum absolute atomic E-state index is 13.7. The van der Waals surface area contributed by atoms with Crippen LogP contribution in [0.2, 0.25) is 0 Å². The third-order valence-corrected chi connectivity index (χ3v) is 7.18. The summed E-state index contributed by atoms with van der Waals surface area (Å²) in [5, 5.41) is 11.8. The van der Waals surface area contributed by atoms with Gasteiger partial charge >= 0.3 is 5.97 Å². The van der Waals surface area contributed by atoms with Crippen LogP contribution < -0.4 is 9.64 Å². The number of amides is 1. The number of fused-ring (bicyclic) bond motifs is 1. The number of para-hydroxylation sites is 1. The average Bonchev–Trinajstić information content (AvgIpc) is 3.61. The van der Waals surface area contributed by atoms with Gasteiger partial charge in [0.1, 0.15) is 22.8 Å². The Morgan fingerprint density at radius 3 is 2.63 bits per heavy atom. The minimum Gasteiger partial charge on any atom is -0.503 e. The minimum atomic E-state index is -1.04. The van der Waals surface area contributed by atoms with Gasteiger partial charge in [0.25, 0.3) is 5.91 Å². The quantitative estimate of drug-likeness (QED) is 0.184. The van der Waals surface area contributed by atoms with Crippen molar-refractivity contribution < 1.29 is 33.4 Å². The third kappa shape index (κ3) is 4.24. The van der Waals surface area contributed by atoms with Gasteiger partial charge in [-0.2, -0.15) is 0 Å². The number of aryl methyl sites for hydroxylation is 1. The number of benzene rings is 2. The van der Waals surface area contributed by atoms with Crippen LogP contribution in [0.4, 0.5) is 5.13 Å². The number of hydrogen-bond acceptors (Lipinski definition) is 9. The number of hydrogen-bond donors (Lipinski definition) is 1. The Kier molecular flexibility index (Phi) is 6.56. The van der Waals surface area contributed by atoms with Gasteiger partial charge in [0.2, 0.25) is 5.78 Å². The molecule has 1 unspecified atom stereocenters. The largest absolute Gasteiger partial charge is 0.503 e. The molecule has 0 saturated heterocycles. The summed E-state index contributed by atoms with van der Waals surface area (Å²) < 4.78 is 16.1. The van der Waals surface area contributed by atoms with Crippen LogP contribution in [-0.4, -0.2) is 41.5 Å². The molecule has 0 bridgehead atoms. The van der Waals surface area contributed by atoms with Crippen LogP contribution in [0.1, 0.15) is 37.5 Å². The zero-order valence-electron chi connectivity index (χ0n) is 20.5. The molecule has 38 heavy (non-hydrogen) atoms. The molecule has 3 heterocycles. The Balaban J connectivity index is 1.61. The summed E-state index contributed by atoms with van der Waals surface area (Å²) in [6.07, 6.45) is 1.44. The van der Waals surface area contributed by atoms with Gasteiger partial charge in [-0.1, -0.05) is 54.3 Å². The topological polar surface area (TPSA) is 119 Å². The number of aromatic nitrogens is 1. The lowest BCUT2D eigenvalue weighted by Gasteiger charge is -2.24. The van der Waals surface area contributed by atoms with Gasteiger partial charge in [-0.05, 0) is 36.8 Å². The van der Waals surface area contributed by atoms with Crippen molar-refractivity contribution in [3.8, 4) is 5.75 Å². The normalized spacial score (nSPS) is 15.3. The van der Waals surface area contributed by atoms with Gasteiger partial charge in [-0.25, -0.2) is 9.78 Å². The van der Waals surface area contributed by atoms with Crippen LogP contribution in [-0.2, 0) is 9.53 Å². The Morgan fingerprint density at radius 1 is 1.21 bits per heavy atom. The molecule has 1 amide bonds. The standard InChI is InChI=1S/C28H22N2O7S/c1-4-13-36-27(34)25-15(2)29-28(38-25)30-22(16-9-11-18(35-3)12-10-16)21(24(32)26(30)33)23(31)20-14-17-7-5-6-8-19(17)37-20/h4-12,14,22,32H,1,13H2,2-3H3. The molecule has 1 N–H and O–H groups in total. The molecule has 9 nitrogen and oxygen atoms in total. The van der Waals surface area contributed by atoms with Crippen LogP contribution in [0.25, 0.3) is 11.0 Å². The zero-order valence-corrected chi connectivity index (χ0v) is 21.3. The average molecular weight is 531 g/mol. The van der Waals surface area contributed by atoms with E-state index in [4.69, 9.17) is 13.9 Å². The van der Waals surface area contributed by atoms with Crippen molar-refractivity contribution in [2.24, 2.45) is 0 Å². The number of anilines is 1. The lowest BCUT2D eigenvalue weighted by Crippen LogP contribution is -2.31. The third-order valence-electron chi connectivity index (χ3n) is 6.04. The number of Topliss-reactive ketones (excluding diaryl/α,β-unsaturated/α-hetero) is 1. The first-order valence-electron chi connectivity index (χ1n) is 11.5. The number of ketones is 1. The lowest BCUT2D eigenvalue weighted by molar-refractivity contribution is -0.117. The van der Waals surface area contributed by atoms with Crippen molar-refractivity contribution in [1.29, 1.82) is 0 Å². The second-order valence-electron chi connectivity index (χ2n) is 8.39. The number of aliphatic hydroxyl groups is 1. The molecule has 2 aromatic heterocycles. The van der Waals surface area contributed by atoms with Gasteiger partial charge in [-0.3, -0.25) is 14.5 Å². The molecule has 192 valence electrons. The predicted octanol–water partition coefficient (Wildman–Crippen LogP) is 5.33. The number of aliphatic hydroxyl groups excluding tert-OH is 1. The van der Waals surface area contributed by atoms with Crippen molar-refractivity contribution in [3.05, 3.63) is 100 Å². The van der Waals surface area contributed by atoms with E-state index < -0.39 is 29.5 Å². The van der Waals surface area contributed by atoms with Crippen LogP contribution in [0.15, 0.2) is 83.0 Å². The summed E-state index contributed by atoms with van der Waals surface area (Å²) in [7, 11) is 1.52. The molecular weight excluding hydrogens is 508 g/mol. The molecule has 1 aliphatic heterocycles. The SMILES string of the molecule is C=CCOC(=O)c1sc(N2C(=O)C(O)=C(C(=O)c3cc4ccccc4o3)C2c2ccc(OC)cc2)nc1C. The number of nitrogens with zero attached hydrogens (tertiary/aromatic N) is 2. The first kappa shape index (κ1) is 25.0. The highest BCUT2D eigenvalue weighted by molar-refractivity contribution is 7.17. The molecule has 0 radical (unpaired) electrons. The van der Waals surface area contributed by atoms with E-state index in [0.29, 0.717) is 28.0 Å². The highest BCUT2D eigenvalue weighted by Crippen LogP contribution is 2.44. The van der Waals surface area contributed by atoms with Gasteiger partial charge in [-0.15, -0.1) is 0 Å². The summed E-state index contributed by atoms with van der Waals surface area (Å²) in [6.45, 7) is 5.16. The number of rotatable bonds is 8. The van der Waals surface area contributed by atoms with Gasteiger partial charge in [0, 0.05) is 5.39 Å². The first-order valence-corrected chi connectivity index (χ1v) is 12.3. The number of methoxy groups -OCH3 is 1. The molecule has 1 atom stereocenters. The van der Waals surface area contributed by atoms with E-state index in [1.54, 1.807) is 55.5 Å². The van der Waals surface area contributed by atoms with Crippen LogP contribution in [0.3, 0.4) is 0 Å². The molecule has 1 aliphatic rings. The second kappa shape index (κ2) is 9.98. The Labute approximate surface area is 221 Å². The van der Waals surface area contributed by atoms with E-state index in [9.17, 15) is 19.5 Å². The fourth-order valence-electron chi connectivity index (χ4n) is 4.24. The van der Waals surface area contributed by atoms with Crippen molar-refractivity contribution in [2.45, 2.75) is 13.0 Å². The molecular formula is C28H22N2O7S. The molecule has 5 rings (SSSR count). The lowest BCUT2D eigenvalue weighted by atomic mass is 9.95. The van der Waals surface area contributed by atoms with E-state index >= 15 is 0 Å². The Bertz CT molecular complexity index is 1580. The van der Waals surface area contributed by atoms with E-state index in [-0.39, 0.29) is 27.9 Å². The van der Waals surface area contributed by atoms with Crippen molar-refractivity contribution >= 4 is 45.1 Å². The highest BCUT2D eigenvalue weighted by atomic mass is 32.1. The number of carbonyl (C=O) groups is 3. The summed E-state index contributed by atoms with van der Waals surface area (Å²) in [5.41, 5.74) is 1.20. The summed E-state index contributed by atoms with van der Waals surface area (Å²) in [5.74, 6) is -2.26.